The van der Waals surface area contributed by atoms with Crippen LogP contribution in [-0.2, 0) is 14.6 Å². The molecule has 0 atom stereocenters. The fourth-order valence-corrected chi connectivity index (χ4v) is 3.77. The molecular weight excluding hydrogens is 380 g/mol. The van der Waals surface area contributed by atoms with Crippen LogP contribution in [0.4, 0.5) is 5.69 Å². The van der Waals surface area contributed by atoms with Crippen LogP contribution in [0.25, 0.3) is 0 Å². The first-order chi connectivity index (χ1) is 13.4. The monoisotopic (exact) mass is 402 g/mol. The maximum absolute atomic E-state index is 12.5. The summed E-state index contributed by atoms with van der Waals surface area (Å²) in [6, 6.07) is 12.7. The van der Waals surface area contributed by atoms with Crippen LogP contribution in [0, 0.1) is 0 Å². The van der Waals surface area contributed by atoms with Gasteiger partial charge in [0.15, 0.2) is 9.84 Å². The average molecular weight is 402 g/mol. The molecule has 0 bridgehead atoms. The number of benzene rings is 2. The van der Waals surface area contributed by atoms with Crippen molar-refractivity contribution in [2.24, 2.45) is 0 Å². The SMILES string of the molecule is COCCS(=O)(=O)c1ccc(C(=O)Nc2ccccc2C(=O)NC2CC2)cc1. The van der Waals surface area contributed by atoms with E-state index in [2.05, 4.69) is 10.6 Å². The fourth-order valence-electron chi connectivity index (χ4n) is 2.60. The summed E-state index contributed by atoms with van der Waals surface area (Å²) in [4.78, 5) is 25.0. The van der Waals surface area contributed by atoms with Gasteiger partial charge in [-0.15, -0.1) is 0 Å². The molecule has 28 heavy (non-hydrogen) atoms. The Morgan fingerprint density at radius 3 is 2.36 bits per heavy atom. The zero-order valence-corrected chi connectivity index (χ0v) is 16.3. The first-order valence-corrected chi connectivity index (χ1v) is 10.6. The van der Waals surface area contributed by atoms with E-state index in [1.807, 2.05) is 0 Å². The summed E-state index contributed by atoms with van der Waals surface area (Å²) in [5.74, 6) is -0.774. The molecule has 1 aliphatic carbocycles. The molecule has 2 aromatic carbocycles. The number of sulfone groups is 1. The molecule has 2 N–H and O–H groups in total. The standard InChI is InChI=1S/C20H22N2O5S/c1-27-12-13-28(25,26)16-10-6-14(7-11-16)19(23)22-18-5-3-2-4-17(18)20(24)21-15-8-9-15/h2-7,10-11,15H,8-9,12-13H2,1H3,(H,21,24)(H,22,23). The lowest BCUT2D eigenvalue weighted by Crippen LogP contribution is -2.27. The van der Waals surface area contributed by atoms with Crippen LogP contribution in [0.3, 0.4) is 0 Å². The maximum atomic E-state index is 12.5. The topological polar surface area (TPSA) is 102 Å². The zero-order chi connectivity index (χ0) is 20.1. The molecule has 1 saturated carbocycles. The molecule has 3 rings (SSSR count). The van der Waals surface area contributed by atoms with E-state index >= 15 is 0 Å². The highest BCUT2D eigenvalue weighted by Gasteiger charge is 2.25. The van der Waals surface area contributed by atoms with Crippen LogP contribution < -0.4 is 10.6 Å². The van der Waals surface area contributed by atoms with Crippen molar-refractivity contribution in [2.75, 3.05) is 24.8 Å². The molecule has 0 unspecified atom stereocenters. The molecular formula is C20H22N2O5S. The lowest BCUT2D eigenvalue weighted by Gasteiger charge is -2.11. The van der Waals surface area contributed by atoms with E-state index in [0.29, 0.717) is 16.8 Å². The number of hydrogen-bond acceptors (Lipinski definition) is 5. The second kappa shape index (κ2) is 8.53. The molecule has 2 aromatic rings. The summed E-state index contributed by atoms with van der Waals surface area (Å²) >= 11 is 0. The number of ether oxygens (including phenoxy) is 1. The van der Waals surface area contributed by atoms with E-state index in [9.17, 15) is 18.0 Å². The molecule has 2 amide bonds. The third-order valence-electron chi connectivity index (χ3n) is 4.36. The van der Waals surface area contributed by atoms with E-state index in [0.717, 1.165) is 12.8 Å². The van der Waals surface area contributed by atoms with Gasteiger partial charge in [-0.25, -0.2) is 8.42 Å². The lowest BCUT2D eigenvalue weighted by molar-refractivity contribution is 0.0952. The molecule has 0 radical (unpaired) electrons. The summed E-state index contributed by atoms with van der Waals surface area (Å²) < 4.78 is 29.1. The summed E-state index contributed by atoms with van der Waals surface area (Å²) in [6.07, 6.45) is 1.94. The predicted octanol–water partition coefficient (Wildman–Crippen LogP) is 2.25. The number of hydrogen-bond donors (Lipinski definition) is 2. The predicted molar refractivity (Wildman–Crippen MR) is 105 cm³/mol. The second-order valence-electron chi connectivity index (χ2n) is 6.58. The fraction of sp³-hybridized carbons (Fsp3) is 0.300. The van der Waals surface area contributed by atoms with Gasteiger partial charge in [0.2, 0.25) is 0 Å². The Kier molecular flexibility index (Phi) is 6.11. The Morgan fingerprint density at radius 2 is 1.71 bits per heavy atom. The first-order valence-electron chi connectivity index (χ1n) is 8.94. The Balaban J connectivity index is 1.72. The van der Waals surface area contributed by atoms with Crippen LogP contribution in [0.15, 0.2) is 53.4 Å². The summed E-state index contributed by atoms with van der Waals surface area (Å²) in [6.45, 7) is 0.101. The van der Waals surface area contributed by atoms with E-state index < -0.39 is 15.7 Å². The van der Waals surface area contributed by atoms with Crippen molar-refractivity contribution in [1.82, 2.24) is 5.32 Å². The molecule has 148 valence electrons. The Morgan fingerprint density at radius 1 is 1.04 bits per heavy atom. The largest absolute Gasteiger partial charge is 0.384 e. The minimum atomic E-state index is -3.46. The number of para-hydroxylation sites is 1. The van der Waals surface area contributed by atoms with Crippen LogP contribution >= 0.6 is 0 Å². The Bertz CT molecular complexity index is 966. The maximum Gasteiger partial charge on any atom is 0.255 e. The van der Waals surface area contributed by atoms with Gasteiger partial charge < -0.3 is 15.4 Å². The molecule has 0 heterocycles. The average Bonchev–Trinajstić information content (AvgIpc) is 3.51. The normalized spacial score (nSPS) is 13.8. The third kappa shape index (κ3) is 4.96. The van der Waals surface area contributed by atoms with Crippen molar-refractivity contribution >= 4 is 27.3 Å². The molecule has 0 saturated heterocycles. The number of amides is 2. The van der Waals surface area contributed by atoms with E-state index in [1.54, 1.807) is 24.3 Å². The Labute approximate surface area is 164 Å². The number of carbonyl (C=O) groups excluding carboxylic acids is 2. The van der Waals surface area contributed by atoms with Gasteiger partial charge in [0.05, 0.1) is 28.5 Å². The molecule has 0 aliphatic heterocycles. The summed E-state index contributed by atoms with van der Waals surface area (Å²) in [5, 5.41) is 5.62. The van der Waals surface area contributed by atoms with Crippen LogP contribution in [0.2, 0.25) is 0 Å². The molecule has 1 fully saturated rings. The van der Waals surface area contributed by atoms with E-state index in [4.69, 9.17) is 4.74 Å². The smallest absolute Gasteiger partial charge is 0.255 e. The Hall–Kier alpha value is -2.71. The number of rotatable bonds is 8. The lowest BCUT2D eigenvalue weighted by atomic mass is 10.1. The van der Waals surface area contributed by atoms with Gasteiger partial charge in [0, 0.05) is 18.7 Å². The molecule has 7 nitrogen and oxygen atoms in total. The van der Waals surface area contributed by atoms with Gasteiger partial charge in [-0.3, -0.25) is 9.59 Å². The molecule has 0 spiro atoms. The van der Waals surface area contributed by atoms with Gasteiger partial charge in [-0.1, -0.05) is 12.1 Å². The number of anilines is 1. The minimum Gasteiger partial charge on any atom is -0.384 e. The van der Waals surface area contributed by atoms with E-state index in [-0.39, 0.29) is 29.2 Å². The van der Waals surface area contributed by atoms with Crippen molar-refractivity contribution in [3.63, 3.8) is 0 Å². The number of nitrogens with one attached hydrogen (secondary N) is 2. The number of methoxy groups -OCH3 is 1. The summed E-state index contributed by atoms with van der Waals surface area (Å²) in [7, 11) is -2.02. The van der Waals surface area contributed by atoms with Gasteiger partial charge in [-0.2, -0.15) is 0 Å². The van der Waals surface area contributed by atoms with Gasteiger partial charge in [-0.05, 0) is 49.2 Å². The van der Waals surface area contributed by atoms with Gasteiger partial charge in [0.25, 0.3) is 11.8 Å². The van der Waals surface area contributed by atoms with Crippen LogP contribution in [0.1, 0.15) is 33.6 Å². The van der Waals surface area contributed by atoms with Crippen molar-refractivity contribution < 1.29 is 22.7 Å². The first kappa shape index (κ1) is 20.0. The highest BCUT2D eigenvalue weighted by atomic mass is 32.2. The van der Waals surface area contributed by atoms with Crippen LogP contribution in [0.5, 0.6) is 0 Å². The quantitative estimate of drug-likeness (QED) is 0.705. The van der Waals surface area contributed by atoms with Crippen molar-refractivity contribution in [1.29, 1.82) is 0 Å². The molecule has 1 aliphatic rings. The van der Waals surface area contributed by atoms with Crippen molar-refractivity contribution in [2.45, 2.75) is 23.8 Å². The molecule has 8 heteroatoms. The van der Waals surface area contributed by atoms with Crippen molar-refractivity contribution in [3.05, 3.63) is 59.7 Å². The summed E-state index contributed by atoms with van der Waals surface area (Å²) in [5.41, 5.74) is 1.09. The highest BCUT2D eigenvalue weighted by molar-refractivity contribution is 7.91. The van der Waals surface area contributed by atoms with Crippen molar-refractivity contribution in [3.8, 4) is 0 Å². The molecule has 0 aromatic heterocycles. The van der Waals surface area contributed by atoms with Gasteiger partial charge >= 0.3 is 0 Å². The highest BCUT2D eigenvalue weighted by Crippen LogP contribution is 2.22. The van der Waals surface area contributed by atoms with E-state index in [1.165, 1.54) is 31.4 Å². The second-order valence-corrected chi connectivity index (χ2v) is 8.69. The minimum absolute atomic E-state index is 0.101. The third-order valence-corrected chi connectivity index (χ3v) is 6.06. The van der Waals surface area contributed by atoms with Gasteiger partial charge in [0.1, 0.15) is 0 Å². The zero-order valence-electron chi connectivity index (χ0n) is 15.5. The van der Waals surface area contributed by atoms with Crippen LogP contribution in [-0.4, -0.2) is 45.7 Å². The number of carbonyl (C=O) groups is 2.